The van der Waals surface area contributed by atoms with Gasteiger partial charge in [-0.05, 0) is 0 Å². The summed E-state index contributed by atoms with van der Waals surface area (Å²) in [6, 6.07) is 0. The number of Topliss-reactive ketones (excluding diaryl/α,β-unsaturated/α-hetero) is 1. The van der Waals surface area contributed by atoms with Gasteiger partial charge >= 0.3 is 0 Å². The van der Waals surface area contributed by atoms with Crippen molar-refractivity contribution in [2.24, 2.45) is 0 Å². The first-order chi connectivity index (χ1) is 9.76. The van der Waals surface area contributed by atoms with E-state index in [9.17, 15) is 30.3 Å². The van der Waals surface area contributed by atoms with Crippen LogP contribution in [0.5, 0.6) is 0 Å². The van der Waals surface area contributed by atoms with Crippen LogP contribution in [0.4, 0.5) is 0 Å². The van der Waals surface area contributed by atoms with E-state index in [0.29, 0.717) is 0 Å². The van der Waals surface area contributed by atoms with E-state index in [-0.39, 0.29) is 0 Å². The molecule has 10 nitrogen and oxygen atoms in total. The zero-order chi connectivity index (χ0) is 16.3. The highest BCUT2D eigenvalue weighted by molar-refractivity contribution is 5.88. The number of ketones is 1. The molecule has 1 aliphatic rings. The van der Waals surface area contributed by atoms with Crippen LogP contribution in [0.1, 0.15) is 0 Å². The Morgan fingerprint density at radius 1 is 1.00 bits per heavy atom. The molecule has 1 fully saturated rings. The molecule has 0 spiro atoms. The number of aliphatic hydroxyl groups is 8. The zero-order valence-electron chi connectivity index (χ0n) is 10.9. The third-order valence-corrected chi connectivity index (χ3v) is 3.37. The summed E-state index contributed by atoms with van der Waals surface area (Å²) in [7, 11) is 0. The molecule has 8 N–H and O–H groups in total. The van der Waals surface area contributed by atoms with Crippen LogP contribution in [0.3, 0.4) is 0 Å². The Balaban J connectivity index is 2.85. The maximum atomic E-state index is 11.9. The van der Waals surface area contributed by atoms with E-state index in [1.807, 2.05) is 0 Å². The van der Waals surface area contributed by atoms with E-state index in [2.05, 4.69) is 0 Å². The molecule has 0 bridgehead atoms. The summed E-state index contributed by atoms with van der Waals surface area (Å²) in [4.78, 5) is 11.9. The molecule has 0 aliphatic carbocycles. The van der Waals surface area contributed by atoms with Crippen LogP contribution in [0.2, 0.25) is 0 Å². The molecule has 0 aromatic heterocycles. The van der Waals surface area contributed by atoms with Gasteiger partial charge in [0.15, 0.2) is 5.78 Å². The van der Waals surface area contributed by atoms with E-state index in [4.69, 9.17) is 20.1 Å². The quantitative estimate of drug-likeness (QED) is 0.235. The summed E-state index contributed by atoms with van der Waals surface area (Å²) in [6.45, 7) is -1.67. The second-order valence-electron chi connectivity index (χ2n) is 4.84. The van der Waals surface area contributed by atoms with Gasteiger partial charge in [-0.3, -0.25) is 4.79 Å². The maximum absolute atomic E-state index is 11.9. The van der Waals surface area contributed by atoms with Crippen LogP contribution in [-0.4, -0.2) is 109 Å². The Hall–Kier alpha value is -0.690. The Bertz CT molecular complexity index is 348. The first-order valence-corrected chi connectivity index (χ1v) is 6.25. The third-order valence-electron chi connectivity index (χ3n) is 3.37. The molecule has 1 saturated heterocycles. The molecule has 0 aromatic rings. The second kappa shape index (κ2) is 7.54. The molecular weight excluding hydrogens is 292 g/mol. The van der Waals surface area contributed by atoms with Crippen molar-refractivity contribution in [1.82, 2.24) is 0 Å². The number of aliphatic hydroxyl groups excluding tert-OH is 8. The summed E-state index contributed by atoms with van der Waals surface area (Å²) >= 11 is 0. The predicted octanol–water partition coefficient (Wildman–Crippen LogP) is -5.53. The molecule has 0 saturated carbocycles. The van der Waals surface area contributed by atoms with Gasteiger partial charge < -0.3 is 45.6 Å². The molecule has 8 atom stereocenters. The van der Waals surface area contributed by atoms with Crippen molar-refractivity contribution in [1.29, 1.82) is 0 Å². The van der Waals surface area contributed by atoms with Crippen molar-refractivity contribution in [3.63, 3.8) is 0 Å². The topological polar surface area (TPSA) is 188 Å². The average molecular weight is 312 g/mol. The van der Waals surface area contributed by atoms with Crippen molar-refractivity contribution in [2.75, 3.05) is 13.2 Å². The minimum absolute atomic E-state index is 0.757. The van der Waals surface area contributed by atoms with Gasteiger partial charge in [0.2, 0.25) is 0 Å². The minimum atomic E-state index is -2.20. The van der Waals surface area contributed by atoms with E-state index in [0.717, 1.165) is 0 Å². The fourth-order valence-corrected chi connectivity index (χ4v) is 1.99. The number of ether oxygens (including phenoxy) is 1. The van der Waals surface area contributed by atoms with Crippen molar-refractivity contribution in [3.8, 4) is 0 Å². The van der Waals surface area contributed by atoms with Gasteiger partial charge in [0, 0.05) is 0 Å². The predicted molar refractivity (Wildman–Crippen MR) is 63.9 cm³/mol. The van der Waals surface area contributed by atoms with Crippen molar-refractivity contribution in [3.05, 3.63) is 0 Å². The summed E-state index contributed by atoms with van der Waals surface area (Å²) < 4.78 is 4.90. The van der Waals surface area contributed by atoms with E-state index >= 15 is 0 Å². The van der Waals surface area contributed by atoms with Gasteiger partial charge in [-0.2, -0.15) is 0 Å². The SMILES string of the molecule is O=C([C@H]1O[C@H](CO)[C@@H](O)[C@H](O)[C@H]1O)[C@H](O)[C@@H](O)[C@@H](O)CO. The molecular formula is C11H20O10. The first-order valence-electron chi connectivity index (χ1n) is 6.25. The number of carbonyl (C=O) groups is 1. The lowest BCUT2D eigenvalue weighted by Crippen LogP contribution is -2.63. The van der Waals surface area contributed by atoms with Crippen molar-refractivity contribution < 1.29 is 50.4 Å². The Morgan fingerprint density at radius 3 is 2.05 bits per heavy atom. The number of hydrogen-bond acceptors (Lipinski definition) is 10. The van der Waals surface area contributed by atoms with Crippen LogP contribution in [0, 0.1) is 0 Å². The molecule has 0 radical (unpaired) electrons. The maximum Gasteiger partial charge on any atom is 0.195 e. The van der Waals surface area contributed by atoms with Gasteiger partial charge in [-0.25, -0.2) is 0 Å². The fraction of sp³-hybridized carbons (Fsp3) is 0.909. The van der Waals surface area contributed by atoms with Gasteiger partial charge in [0.1, 0.15) is 48.8 Å². The van der Waals surface area contributed by atoms with Crippen molar-refractivity contribution >= 4 is 5.78 Å². The smallest absolute Gasteiger partial charge is 0.195 e. The summed E-state index contributed by atoms with van der Waals surface area (Å²) in [5.74, 6) is -1.27. The summed E-state index contributed by atoms with van der Waals surface area (Å²) in [6.07, 6.45) is -14.6. The lowest BCUT2D eigenvalue weighted by Gasteiger charge is -2.40. The van der Waals surface area contributed by atoms with Crippen molar-refractivity contribution in [2.45, 2.75) is 48.8 Å². The van der Waals surface area contributed by atoms with Crippen LogP contribution in [0.15, 0.2) is 0 Å². The lowest BCUT2D eigenvalue weighted by atomic mass is 9.90. The Labute approximate surface area is 119 Å². The molecule has 1 aliphatic heterocycles. The second-order valence-corrected chi connectivity index (χ2v) is 4.84. The molecule has 0 unspecified atom stereocenters. The van der Waals surface area contributed by atoms with Gasteiger partial charge in [0.25, 0.3) is 0 Å². The molecule has 0 amide bonds. The number of hydrogen-bond donors (Lipinski definition) is 8. The normalized spacial score (nSPS) is 37.8. The average Bonchev–Trinajstić information content (AvgIpc) is 2.50. The van der Waals surface area contributed by atoms with Gasteiger partial charge in [-0.15, -0.1) is 0 Å². The molecule has 0 aromatic carbocycles. The number of rotatable bonds is 6. The van der Waals surface area contributed by atoms with E-state index in [1.165, 1.54) is 0 Å². The Morgan fingerprint density at radius 2 is 1.57 bits per heavy atom. The highest BCUT2D eigenvalue weighted by Crippen LogP contribution is 2.23. The highest BCUT2D eigenvalue weighted by Gasteiger charge is 2.48. The first kappa shape index (κ1) is 18.4. The zero-order valence-corrected chi connectivity index (χ0v) is 10.9. The number of carbonyl (C=O) groups excluding carboxylic acids is 1. The van der Waals surface area contributed by atoms with E-state index < -0.39 is 67.8 Å². The fourth-order valence-electron chi connectivity index (χ4n) is 1.99. The molecule has 124 valence electrons. The standard InChI is InChI=1S/C11H20O10/c12-1-3(14)5(15)7(17)9(19)11-10(20)8(18)6(16)4(2-13)21-11/h3-8,10-18,20H,1-2H2/t3-,4+,5-,6+,7+,8-,10+,11+/m0/s1. The van der Waals surface area contributed by atoms with Crippen LogP contribution >= 0.6 is 0 Å². The lowest BCUT2D eigenvalue weighted by molar-refractivity contribution is -0.230. The monoisotopic (exact) mass is 312 g/mol. The summed E-state index contributed by atoms with van der Waals surface area (Å²) in [5, 5.41) is 74.5. The molecule has 1 heterocycles. The minimum Gasteiger partial charge on any atom is -0.394 e. The van der Waals surface area contributed by atoms with Gasteiger partial charge in [0.05, 0.1) is 13.2 Å². The Kier molecular flexibility index (Phi) is 6.59. The van der Waals surface area contributed by atoms with Crippen LogP contribution in [-0.2, 0) is 9.53 Å². The molecule has 1 rings (SSSR count). The van der Waals surface area contributed by atoms with Crippen LogP contribution in [0.25, 0.3) is 0 Å². The molecule has 21 heavy (non-hydrogen) atoms. The van der Waals surface area contributed by atoms with Gasteiger partial charge in [-0.1, -0.05) is 0 Å². The van der Waals surface area contributed by atoms with Crippen LogP contribution < -0.4 is 0 Å². The third kappa shape index (κ3) is 3.74. The van der Waals surface area contributed by atoms with E-state index in [1.54, 1.807) is 0 Å². The molecule has 10 heteroatoms. The highest BCUT2D eigenvalue weighted by atomic mass is 16.5. The largest absolute Gasteiger partial charge is 0.394 e. The summed E-state index contributed by atoms with van der Waals surface area (Å²) in [5.41, 5.74) is 0.